The third kappa shape index (κ3) is 12.1. The lowest BCUT2D eigenvalue weighted by Crippen LogP contribution is -2.28. The minimum absolute atomic E-state index is 0.0284. The van der Waals surface area contributed by atoms with Gasteiger partial charge in [0.15, 0.2) is 0 Å². The smallest absolute Gasteiger partial charge is 0.298 e. The van der Waals surface area contributed by atoms with E-state index in [1.165, 1.54) is 13.2 Å². The van der Waals surface area contributed by atoms with Gasteiger partial charge < -0.3 is 14.7 Å². The number of oxime groups is 1. The zero-order valence-corrected chi connectivity index (χ0v) is 25.5. The Morgan fingerprint density at radius 1 is 0.900 bits per heavy atom. The van der Waals surface area contributed by atoms with Crippen LogP contribution in [0.15, 0.2) is 70.7 Å². The summed E-state index contributed by atoms with van der Waals surface area (Å²) in [5.41, 5.74) is 1.68. The largest absolute Gasteiger partial charge is 0.399 e. The van der Waals surface area contributed by atoms with E-state index in [0.717, 1.165) is 23.4 Å². The Hall–Kier alpha value is -1.66. The summed E-state index contributed by atoms with van der Waals surface area (Å²) in [6.45, 7) is -0.0209. The van der Waals surface area contributed by atoms with Gasteiger partial charge in [-0.2, -0.15) is 8.42 Å². The summed E-state index contributed by atoms with van der Waals surface area (Å²) in [5.74, 6) is 0. The number of benzene rings is 3. The van der Waals surface area contributed by atoms with Gasteiger partial charge in [-0.05, 0) is 47.5 Å². The summed E-state index contributed by atoms with van der Waals surface area (Å²) in [6.07, 6.45) is -2.33. The molecular weight excluding hydrogens is 651 g/mol. The van der Waals surface area contributed by atoms with Gasteiger partial charge in [0.05, 0.1) is 41.1 Å². The van der Waals surface area contributed by atoms with Crippen molar-refractivity contribution in [2.24, 2.45) is 5.16 Å². The quantitative estimate of drug-likeness (QED) is 0.0912. The van der Waals surface area contributed by atoms with Crippen LogP contribution in [0.3, 0.4) is 0 Å². The van der Waals surface area contributed by atoms with Crippen LogP contribution >= 0.6 is 58.0 Å². The standard InChI is InChI=1S/C19H18Cl4FNO5S.C7H7ClO/c1-28-25-9-14(24)6-15(11-29-10-12-2-4-13(20)5-3-12)30-31(26,27)19-8-17(22)16(21)7-18(19)23;8-7-3-1-6(5-9)2-4-7/h2-5,7-9,14-15H,6,10-11H2,1H3;1-4,9H,5H2/b25-9+;. The van der Waals surface area contributed by atoms with E-state index in [4.69, 9.17) is 72.0 Å². The molecule has 0 aliphatic carbocycles. The highest BCUT2D eigenvalue weighted by molar-refractivity contribution is 7.87. The van der Waals surface area contributed by atoms with E-state index in [-0.39, 0.29) is 41.3 Å². The minimum atomic E-state index is -4.41. The molecular formula is C26H25Cl5FNO6S. The van der Waals surface area contributed by atoms with E-state index < -0.39 is 27.3 Å². The van der Waals surface area contributed by atoms with Gasteiger partial charge in [-0.1, -0.05) is 87.4 Å². The maximum atomic E-state index is 14.2. The molecule has 7 nitrogen and oxygen atoms in total. The molecule has 0 aliphatic rings. The molecule has 0 aromatic heterocycles. The van der Waals surface area contributed by atoms with Crippen LogP contribution in [0.2, 0.25) is 25.1 Å². The molecule has 0 amide bonds. The first kappa shape index (κ1) is 34.5. The van der Waals surface area contributed by atoms with Crippen molar-refractivity contribution in [1.29, 1.82) is 0 Å². The molecule has 0 heterocycles. The highest BCUT2D eigenvalue weighted by Gasteiger charge is 2.27. The van der Waals surface area contributed by atoms with Crippen molar-refractivity contribution in [3.8, 4) is 0 Å². The zero-order chi connectivity index (χ0) is 29.7. The molecule has 0 saturated heterocycles. The van der Waals surface area contributed by atoms with Crippen molar-refractivity contribution < 1.29 is 31.7 Å². The molecule has 218 valence electrons. The van der Waals surface area contributed by atoms with Crippen LogP contribution in [0, 0.1) is 0 Å². The average molecular weight is 676 g/mol. The Morgan fingerprint density at radius 3 is 2.00 bits per heavy atom. The lowest BCUT2D eigenvalue weighted by atomic mass is 10.2. The van der Waals surface area contributed by atoms with E-state index in [1.54, 1.807) is 48.5 Å². The third-order valence-electron chi connectivity index (χ3n) is 4.90. The fourth-order valence-electron chi connectivity index (χ4n) is 2.98. The summed E-state index contributed by atoms with van der Waals surface area (Å²) in [6, 6.07) is 16.2. The molecule has 0 saturated carbocycles. The molecule has 0 spiro atoms. The van der Waals surface area contributed by atoms with Crippen molar-refractivity contribution in [3.63, 3.8) is 0 Å². The number of alkyl halides is 1. The highest BCUT2D eigenvalue weighted by Crippen LogP contribution is 2.33. The number of nitrogens with zero attached hydrogens (tertiary/aromatic N) is 1. The summed E-state index contributed by atoms with van der Waals surface area (Å²) in [4.78, 5) is 4.04. The minimum Gasteiger partial charge on any atom is -0.399 e. The van der Waals surface area contributed by atoms with Gasteiger partial charge in [-0.15, -0.1) is 0 Å². The Balaban J connectivity index is 0.000000526. The van der Waals surface area contributed by atoms with Crippen LogP contribution in [-0.4, -0.2) is 45.7 Å². The van der Waals surface area contributed by atoms with Crippen LogP contribution in [0.1, 0.15) is 17.5 Å². The predicted octanol–water partition coefficient (Wildman–Crippen LogP) is 7.78. The van der Waals surface area contributed by atoms with Crippen LogP contribution in [-0.2, 0) is 37.1 Å². The first-order valence-corrected chi connectivity index (χ1v) is 14.7. The molecule has 1 N–H and O–H groups in total. The maximum Gasteiger partial charge on any atom is 0.298 e. The van der Waals surface area contributed by atoms with Gasteiger partial charge in [0.2, 0.25) is 0 Å². The van der Waals surface area contributed by atoms with Crippen LogP contribution in [0.5, 0.6) is 0 Å². The number of hydrogen-bond acceptors (Lipinski definition) is 7. The Morgan fingerprint density at radius 2 is 1.45 bits per heavy atom. The number of halogens is 6. The van der Waals surface area contributed by atoms with Crippen molar-refractivity contribution >= 4 is 74.3 Å². The zero-order valence-electron chi connectivity index (χ0n) is 20.9. The van der Waals surface area contributed by atoms with Gasteiger partial charge in [-0.3, -0.25) is 4.18 Å². The first-order chi connectivity index (χ1) is 18.9. The van der Waals surface area contributed by atoms with Gasteiger partial charge in [-0.25, -0.2) is 4.39 Å². The SMILES string of the molecule is CO/N=C/C(F)CC(COCc1ccc(Cl)cc1)OS(=O)(=O)c1cc(Cl)c(Cl)cc1Cl.OCc1ccc(Cl)cc1. The number of rotatable bonds is 12. The van der Waals surface area contributed by atoms with Crippen LogP contribution in [0.25, 0.3) is 0 Å². The lowest BCUT2D eigenvalue weighted by Gasteiger charge is -2.19. The van der Waals surface area contributed by atoms with E-state index in [9.17, 15) is 12.8 Å². The molecule has 3 rings (SSSR count). The number of aliphatic hydroxyl groups is 1. The molecule has 0 aliphatic heterocycles. The summed E-state index contributed by atoms with van der Waals surface area (Å²) >= 11 is 29.1. The topological polar surface area (TPSA) is 94.4 Å². The molecule has 0 bridgehead atoms. The number of hydrogen-bond donors (Lipinski definition) is 1. The normalized spacial score (nSPS) is 13.0. The molecule has 0 radical (unpaired) electrons. The van der Waals surface area contributed by atoms with Gasteiger partial charge >= 0.3 is 0 Å². The second kappa shape index (κ2) is 17.3. The Labute approximate surface area is 257 Å². The van der Waals surface area contributed by atoms with E-state index in [1.807, 2.05) is 0 Å². The highest BCUT2D eigenvalue weighted by atomic mass is 35.5. The van der Waals surface area contributed by atoms with Crippen molar-refractivity contribution in [1.82, 2.24) is 0 Å². The van der Waals surface area contributed by atoms with Crippen molar-refractivity contribution in [2.75, 3.05) is 13.7 Å². The van der Waals surface area contributed by atoms with E-state index in [0.29, 0.717) is 10.0 Å². The summed E-state index contributed by atoms with van der Waals surface area (Å²) < 4.78 is 50.4. The Kier molecular flexibility index (Phi) is 15.0. The Bertz CT molecular complexity index is 1340. The molecule has 3 aromatic rings. The maximum absolute atomic E-state index is 14.2. The first-order valence-electron chi connectivity index (χ1n) is 11.4. The van der Waals surface area contributed by atoms with E-state index >= 15 is 0 Å². The predicted molar refractivity (Wildman–Crippen MR) is 157 cm³/mol. The van der Waals surface area contributed by atoms with Crippen LogP contribution in [0.4, 0.5) is 4.39 Å². The molecule has 40 heavy (non-hydrogen) atoms. The number of ether oxygens (including phenoxy) is 1. The van der Waals surface area contributed by atoms with Gasteiger partial charge in [0.25, 0.3) is 10.1 Å². The monoisotopic (exact) mass is 673 g/mol. The molecule has 2 atom stereocenters. The molecule has 0 fully saturated rings. The van der Waals surface area contributed by atoms with Crippen molar-refractivity contribution in [3.05, 3.63) is 96.9 Å². The lowest BCUT2D eigenvalue weighted by molar-refractivity contribution is 0.0342. The average Bonchev–Trinajstić information content (AvgIpc) is 2.91. The third-order valence-corrected chi connectivity index (χ3v) is 7.96. The van der Waals surface area contributed by atoms with E-state index in [2.05, 4.69) is 9.99 Å². The number of aliphatic hydroxyl groups excluding tert-OH is 1. The van der Waals surface area contributed by atoms with Gasteiger partial charge in [0.1, 0.15) is 24.3 Å². The second-order valence-corrected chi connectivity index (χ2v) is 11.6. The fourth-order valence-corrected chi connectivity index (χ4v) is 5.28. The fraction of sp³-hybridized carbons (Fsp3) is 0.269. The second-order valence-electron chi connectivity index (χ2n) is 7.98. The van der Waals surface area contributed by atoms with Gasteiger partial charge in [0, 0.05) is 16.5 Å². The summed E-state index contributed by atoms with van der Waals surface area (Å²) in [5, 5.41) is 13.0. The van der Waals surface area contributed by atoms with Crippen LogP contribution < -0.4 is 0 Å². The van der Waals surface area contributed by atoms with Crippen molar-refractivity contribution in [2.45, 2.75) is 36.8 Å². The molecule has 14 heteroatoms. The molecule has 2 unspecified atom stereocenters. The summed E-state index contributed by atoms with van der Waals surface area (Å²) in [7, 11) is -3.16. The molecule has 3 aromatic carbocycles.